The lowest BCUT2D eigenvalue weighted by atomic mass is 9.85. The van der Waals surface area contributed by atoms with Crippen LogP contribution in [-0.4, -0.2) is 228 Å². The molecule has 0 aliphatic carbocycles. The first-order chi connectivity index (χ1) is 59.8. The number of anilines is 1. The largest absolute Gasteiger partial charge is 0.508 e. The zero-order valence-corrected chi connectivity index (χ0v) is 70.8. The summed E-state index contributed by atoms with van der Waals surface area (Å²) in [5.74, 6) is -16.4. The Bertz CT molecular complexity index is 5370. The molecule has 18 unspecified atom stereocenters. The van der Waals surface area contributed by atoms with Gasteiger partial charge in [0.2, 0.25) is 53.4 Å². The maximum atomic E-state index is 16.3. The van der Waals surface area contributed by atoms with E-state index in [0.29, 0.717) is 0 Å². The van der Waals surface area contributed by atoms with E-state index in [0.717, 1.165) is 66.7 Å². The van der Waals surface area contributed by atoms with Crippen molar-refractivity contribution < 1.29 is 127 Å². The normalized spacial score (nSPS) is 25.8. The molecule has 44 heteroatoms. The quantitative estimate of drug-likeness (QED) is 0.0322. The maximum absolute atomic E-state index is 16.3. The Labute approximate surface area is 736 Å². The van der Waals surface area contributed by atoms with Crippen LogP contribution in [0.15, 0.2) is 114 Å². The molecule has 11 bridgehead atoms. The number of benzene rings is 6. The van der Waals surface area contributed by atoms with Gasteiger partial charge in [-0.15, -0.1) is 0 Å². The molecule has 6 aromatic carbocycles. The van der Waals surface area contributed by atoms with Crippen LogP contribution in [0.3, 0.4) is 0 Å². The summed E-state index contributed by atoms with van der Waals surface area (Å²) in [4.78, 5) is 156. The van der Waals surface area contributed by atoms with Crippen LogP contribution in [0.5, 0.6) is 46.0 Å². The fourth-order valence-electron chi connectivity index (χ4n) is 15.0. The van der Waals surface area contributed by atoms with E-state index in [1.807, 2.05) is 13.8 Å². The maximum Gasteiger partial charge on any atom is 0.349 e. The van der Waals surface area contributed by atoms with Gasteiger partial charge in [-0.05, 0) is 140 Å². The Morgan fingerprint density at radius 2 is 1.35 bits per heavy atom. The number of carbonyl (C=O) groups is 9. The Morgan fingerprint density at radius 3 is 1.98 bits per heavy atom. The van der Waals surface area contributed by atoms with Gasteiger partial charge in [0.25, 0.3) is 11.8 Å². The molecule has 7 aliphatic rings. The minimum atomic E-state index is -2.40. The van der Waals surface area contributed by atoms with Gasteiger partial charge in [0.15, 0.2) is 23.9 Å². The summed E-state index contributed by atoms with van der Waals surface area (Å²) < 4.78 is 45.6. The fourth-order valence-corrected chi connectivity index (χ4v) is 15.9. The molecule has 7 aliphatic heterocycles. The standard InChI is InChI=1S/C82H91Cl4N13O27/c1-33(2)19-47(88-5)73(111)96-63-65(105)36-8-11-51(45(85)23-36)122-53-25-38-26-54(69(53)126-80-70(68(108)67(107)55(32-100)124-80)125-58-31-82(4,71(109)34(3)121-58)89-14-16-99-15-13-57(92-81(99)118)91-72(110)39-20-40(83)27-41(84)21-39)123-52-12-9-37(24-46(52)86)66(106)64-78(116)95-62(79(117)98-120-18-17-119-6)44-28-42(101)29-50(103)59(44)43-22-35(7-10-49(43)102)60(75(113)97-64)94-76(114)61(38)93-74(112)48(30-56(87)104)90-77(63)115/h7-13,15,20-29,33-34,47-48,55,58,60-68,70-71,80,88-89,100-103,105-109H,14,16-19,30-32H2,1-6H3,(H2,87,104)(H,90,115)(H,93,112)(H,94,114)(H,95,116)(H,96,111)(H,97,113)(H,98,117)(H,91,92,110,118). The molecule has 126 heavy (non-hydrogen) atoms. The van der Waals surface area contributed by atoms with Crippen molar-refractivity contribution in [1.29, 1.82) is 0 Å². The number of nitrogens with zero attached hydrogens (tertiary/aromatic N) is 2. The number of primary amides is 1. The summed E-state index contributed by atoms with van der Waals surface area (Å²) in [6.45, 7) is 5.19. The van der Waals surface area contributed by atoms with Crippen LogP contribution in [-0.2, 0) is 68.7 Å². The van der Waals surface area contributed by atoms with Crippen LogP contribution >= 0.6 is 46.4 Å². The van der Waals surface area contributed by atoms with Gasteiger partial charge >= 0.3 is 5.69 Å². The first kappa shape index (κ1) is 94.0. The third-order valence-electron chi connectivity index (χ3n) is 21.4. The lowest BCUT2D eigenvalue weighted by Gasteiger charge is -2.48. The van der Waals surface area contributed by atoms with Crippen LogP contribution in [0.25, 0.3) is 11.1 Å². The average Bonchev–Trinajstić information content (AvgIpc) is 0.751. The Balaban J connectivity index is 1.01. The number of rotatable bonds is 23. The highest BCUT2D eigenvalue weighted by Crippen LogP contribution is 2.50. The molecule has 9 amide bonds. The van der Waals surface area contributed by atoms with Crippen molar-refractivity contribution in [2.45, 2.75) is 163 Å². The van der Waals surface area contributed by atoms with Crippen LogP contribution in [0.1, 0.15) is 115 Å². The van der Waals surface area contributed by atoms with E-state index in [-0.39, 0.29) is 88.9 Å². The number of hydrogen-bond donors (Lipinski definition) is 20. The predicted octanol–water partition coefficient (Wildman–Crippen LogP) is 2.16. The molecule has 21 N–H and O–H groups in total. The summed E-state index contributed by atoms with van der Waals surface area (Å²) in [6, 6.07) is 4.94. The zero-order valence-electron chi connectivity index (χ0n) is 67.8. The molecule has 674 valence electrons. The molecule has 7 aromatic rings. The van der Waals surface area contributed by atoms with Gasteiger partial charge in [0.1, 0.15) is 101 Å². The number of nitrogens with two attached hydrogens (primary N) is 1. The highest BCUT2D eigenvalue weighted by molar-refractivity contribution is 6.35. The number of aromatic hydroxyl groups is 3. The number of aliphatic hydroxyl groups is 6. The van der Waals surface area contributed by atoms with Crippen LogP contribution < -0.4 is 79.0 Å². The minimum absolute atomic E-state index is 0.0524. The number of fused-ring (bicyclic) bond motifs is 15. The van der Waals surface area contributed by atoms with Crippen molar-refractivity contribution in [3.05, 3.63) is 173 Å². The Kier molecular flexibility index (Phi) is 30.0. The van der Waals surface area contributed by atoms with Crippen molar-refractivity contribution in [2.75, 3.05) is 45.8 Å². The fraction of sp³-hybridized carbons (Fsp3) is 0.402. The Morgan fingerprint density at radius 1 is 0.706 bits per heavy atom. The van der Waals surface area contributed by atoms with Crippen molar-refractivity contribution in [3.63, 3.8) is 0 Å². The number of hydroxylamine groups is 1. The molecule has 1 aromatic heterocycles. The molecule has 18 atom stereocenters. The second-order valence-electron chi connectivity index (χ2n) is 30.9. The van der Waals surface area contributed by atoms with Crippen LogP contribution in [0.4, 0.5) is 5.82 Å². The molecule has 2 fully saturated rings. The number of nitrogens with one attached hydrogen (secondary N) is 10. The highest BCUT2D eigenvalue weighted by Gasteiger charge is 2.52. The topological polar surface area (TPSA) is 591 Å². The number of likely N-dealkylation sites (N-methyl/N-ethyl adjacent to an activating group) is 1. The lowest BCUT2D eigenvalue weighted by molar-refractivity contribution is -0.334. The number of hydrogen-bond acceptors (Lipinski definition) is 30. The first-order valence-electron chi connectivity index (χ1n) is 39.3. The molecule has 0 radical (unpaired) electrons. The summed E-state index contributed by atoms with van der Waals surface area (Å²) >= 11 is 26.6. The molecule has 0 saturated carbocycles. The monoisotopic (exact) mass is 1830 g/mol. The van der Waals surface area contributed by atoms with E-state index in [9.17, 15) is 69.9 Å². The smallest absolute Gasteiger partial charge is 0.349 e. The molecule has 0 spiro atoms. The van der Waals surface area contributed by atoms with Crippen molar-refractivity contribution in [1.82, 2.24) is 57.6 Å². The van der Waals surface area contributed by atoms with Gasteiger partial charge < -0.3 is 133 Å². The van der Waals surface area contributed by atoms with Crippen molar-refractivity contribution >= 4 is 105 Å². The summed E-state index contributed by atoms with van der Waals surface area (Å²) in [7, 11) is 2.80. The number of aromatic nitrogens is 2. The second kappa shape index (κ2) is 40.2. The number of carbonyl (C=O) groups excluding carboxylic acids is 9. The minimum Gasteiger partial charge on any atom is -0.508 e. The van der Waals surface area contributed by atoms with Crippen LogP contribution in [0, 0.1) is 5.92 Å². The average molecular weight is 1830 g/mol. The molecule has 2 saturated heterocycles. The number of halogens is 4. The van der Waals surface area contributed by atoms with E-state index in [1.54, 1.807) is 6.92 Å². The van der Waals surface area contributed by atoms with Gasteiger partial charge in [-0.2, -0.15) is 4.98 Å². The third-order valence-corrected chi connectivity index (χ3v) is 22.5. The number of aliphatic hydroxyl groups excluding tert-OH is 6. The number of phenolic OH excluding ortho intramolecular Hbond substituents is 3. The molecule has 14 rings (SSSR count). The van der Waals surface area contributed by atoms with Crippen LogP contribution in [0.2, 0.25) is 20.1 Å². The summed E-state index contributed by atoms with van der Waals surface area (Å²) in [5.41, 5.74) is 3.10. The molecular formula is C82H91Cl4N13O27. The first-order valence-corrected chi connectivity index (χ1v) is 40.8. The number of amides is 9. The van der Waals surface area contributed by atoms with Crippen molar-refractivity contribution in [2.24, 2.45) is 11.7 Å². The summed E-state index contributed by atoms with van der Waals surface area (Å²) in [5, 5.41) is 130. The van der Waals surface area contributed by atoms with Gasteiger partial charge in [-0.25, -0.2) is 10.3 Å². The van der Waals surface area contributed by atoms with Crippen molar-refractivity contribution in [3.8, 4) is 57.1 Å². The van der Waals surface area contributed by atoms with E-state index in [4.69, 9.17) is 90.1 Å². The third kappa shape index (κ3) is 21.4. The number of ether oxygens (including phenoxy) is 7. The highest BCUT2D eigenvalue weighted by atomic mass is 35.5. The van der Waals surface area contributed by atoms with Gasteiger partial charge in [-0.1, -0.05) is 78.5 Å². The van der Waals surface area contributed by atoms with E-state index >= 15 is 24.0 Å². The Hall–Kier alpha value is -11.1. The second-order valence-corrected chi connectivity index (χ2v) is 32.6. The van der Waals surface area contributed by atoms with Gasteiger partial charge in [0.05, 0.1) is 54.5 Å². The predicted molar refractivity (Wildman–Crippen MR) is 444 cm³/mol. The van der Waals surface area contributed by atoms with Gasteiger partial charge in [-0.3, -0.25) is 52.6 Å². The van der Waals surface area contributed by atoms with Gasteiger partial charge in [0, 0.05) is 71.2 Å². The number of methoxy groups -OCH3 is 1. The van der Waals surface area contributed by atoms with E-state index in [1.165, 1.54) is 68.2 Å². The number of phenols is 3. The van der Waals surface area contributed by atoms with E-state index in [2.05, 4.69) is 58.3 Å². The zero-order chi connectivity index (χ0) is 91.2. The lowest BCUT2D eigenvalue weighted by Crippen LogP contribution is -2.65. The summed E-state index contributed by atoms with van der Waals surface area (Å²) in [6.07, 6.45) is -18.3. The molecule has 40 nitrogen and oxygen atoms in total. The van der Waals surface area contributed by atoms with E-state index < -0.39 is 254 Å². The molecule has 8 heterocycles. The molecular weight excluding hydrogens is 1740 g/mol. The SMILES string of the molecule is CNC(CC(C)C)C(=O)NC1C(=O)NC(CC(N)=O)C(=O)NC2C(=O)NC3C(=O)NC(C(=O)NC(C(=O)NOCCOC)c4cc(O)cc(O)c4-c4cc3ccc4O)C(O)c3ccc(c(Cl)c3)Oc3cc2cc(c3OC2OC(CO)C(O)C(O)C2OC2CC(C)(NCCn3ccc(NC(=O)c4cc(Cl)cc(Cl)c4)nc3=O)C(O)C(C)O2)Oc2ccc(cc2Cl)C1O.